The van der Waals surface area contributed by atoms with Gasteiger partial charge in [-0.25, -0.2) is 0 Å². The van der Waals surface area contributed by atoms with Crippen molar-refractivity contribution in [1.82, 2.24) is 15.5 Å². The summed E-state index contributed by atoms with van der Waals surface area (Å²) in [5.41, 5.74) is 1.41. The second kappa shape index (κ2) is 7.16. The van der Waals surface area contributed by atoms with Crippen molar-refractivity contribution >= 4 is 11.8 Å². The Balaban J connectivity index is 1.43. The molecule has 2 aliphatic heterocycles. The molecule has 3 N–H and O–H groups in total. The molecule has 2 aliphatic carbocycles. The average Bonchev–Trinajstić information content (AvgIpc) is 3.14. The minimum atomic E-state index is 0.0387. The van der Waals surface area contributed by atoms with E-state index in [1.54, 1.807) is 0 Å². The summed E-state index contributed by atoms with van der Waals surface area (Å²) in [6.45, 7) is 1.09. The lowest BCUT2D eigenvalue weighted by molar-refractivity contribution is -0.0445. The maximum atomic E-state index is 9.77. The molecule has 5 nitrogen and oxygen atoms in total. The van der Waals surface area contributed by atoms with Crippen LogP contribution in [0.3, 0.4) is 0 Å². The molecule has 0 aromatic carbocycles. The van der Waals surface area contributed by atoms with Gasteiger partial charge in [0.1, 0.15) is 6.23 Å². The summed E-state index contributed by atoms with van der Waals surface area (Å²) in [6, 6.07) is 0.709. The number of rotatable bonds is 4. The largest absolute Gasteiger partial charge is 0.396 e. The minimum Gasteiger partial charge on any atom is -0.396 e. The molecule has 0 amide bonds. The number of nitrogens with zero attached hydrogens (tertiary/aromatic N) is 1. The Bertz CT molecular complexity index is 491. The first-order chi connectivity index (χ1) is 11.7. The molecule has 0 spiro atoms. The van der Waals surface area contributed by atoms with Crippen LogP contribution in [0.4, 0.5) is 0 Å². The van der Waals surface area contributed by atoms with Gasteiger partial charge in [-0.15, -0.1) is 11.8 Å². The molecule has 24 heavy (non-hydrogen) atoms. The number of thioether (sulfide) groups is 1. The zero-order valence-corrected chi connectivity index (χ0v) is 15.6. The number of hydrogen-bond acceptors (Lipinski definition) is 6. The first-order valence-corrected chi connectivity index (χ1v) is 10.4. The molecular formula is C18H31N3O2S. The van der Waals surface area contributed by atoms with Gasteiger partial charge in [0.25, 0.3) is 0 Å². The minimum absolute atomic E-state index is 0.0387. The van der Waals surface area contributed by atoms with Gasteiger partial charge in [0, 0.05) is 29.4 Å². The second-order valence-electron chi connectivity index (χ2n) is 7.95. The van der Waals surface area contributed by atoms with E-state index in [4.69, 9.17) is 4.74 Å². The first kappa shape index (κ1) is 17.2. The fourth-order valence-corrected chi connectivity index (χ4v) is 6.59. The Morgan fingerprint density at radius 1 is 1.17 bits per heavy atom. The third kappa shape index (κ3) is 3.12. The van der Waals surface area contributed by atoms with E-state index in [2.05, 4.69) is 29.6 Å². The quantitative estimate of drug-likeness (QED) is 0.715. The zero-order valence-electron chi connectivity index (χ0n) is 14.8. The van der Waals surface area contributed by atoms with Gasteiger partial charge in [-0.05, 0) is 58.5 Å². The van der Waals surface area contributed by atoms with Gasteiger partial charge in [-0.1, -0.05) is 0 Å². The predicted octanol–water partition coefficient (Wildman–Crippen LogP) is 1.70. The highest BCUT2D eigenvalue weighted by atomic mass is 32.2. The van der Waals surface area contributed by atoms with E-state index in [1.807, 2.05) is 11.8 Å². The van der Waals surface area contributed by atoms with E-state index in [-0.39, 0.29) is 6.23 Å². The van der Waals surface area contributed by atoms with E-state index in [9.17, 15) is 5.11 Å². The Kier molecular flexibility index (Phi) is 5.12. The molecule has 2 fully saturated rings. The molecule has 0 saturated heterocycles. The van der Waals surface area contributed by atoms with Crippen LogP contribution in [-0.4, -0.2) is 61.0 Å². The highest BCUT2D eigenvalue weighted by molar-refractivity contribution is 8.03. The van der Waals surface area contributed by atoms with Gasteiger partial charge in [-0.3, -0.25) is 5.32 Å². The maximum Gasteiger partial charge on any atom is 0.135 e. The normalized spacial score (nSPS) is 42.2. The van der Waals surface area contributed by atoms with Crippen LogP contribution in [0.15, 0.2) is 10.6 Å². The van der Waals surface area contributed by atoms with Crippen LogP contribution >= 0.6 is 11.8 Å². The number of nitrogens with one attached hydrogen (secondary N) is 2. The molecule has 0 bridgehead atoms. The number of hydrogen-bond donors (Lipinski definition) is 3. The van der Waals surface area contributed by atoms with Crippen molar-refractivity contribution < 1.29 is 9.84 Å². The molecule has 4 rings (SSSR count). The summed E-state index contributed by atoms with van der Waals surface area (Å²) in [4.78, 5) is 2.35. The van der Waals surface area contributed by atoms with Crippen LogP contribution in [0, 0.1) is 11.8 Å². The highest BCUT2D eigenvalue weighted by Gasteiger charge is 2.48. The van der Waals surface area contributed by atoms with Crippen molar-refractivity contribution in [2.24, 2.45) is 11.8 Å². The van der Waals surface area contributed by atoms with Gasteiger partial charge in [0.2, 0.25) is 0 Å². The fourth-order valence-electron chi connectivity index (χ4n) is 4.99. The molecule has 4 atom stereocenters. The third-order valence-electron chi connectivity index (χ3n) is 6.38. The van der Waals surface area contributed by atoms with E-state index in [1.165, 1.54) is 29.9 Å². The molecule has 6 heteroatoms. The molecule has 0 radical (unpaired) electrons. The van der Waals surface area contributed by atoms with Gasteiger partial charge < -0.3 is 20.1 Å². The van der Waals surface area contributed by atoms with E-state index >= 15 is 0 Å². The second-order valence-corrected chi connectivity index (χ2v) is 9.20. The van der Waals surface area contributed by atoms with Gasteiger partial charge in [-0.2, -0.15) is 0 Å². The van der Waals surface area contributed by atoms with Gasteiger partial charge >= 0.3 is 0 Å². The fraction of sp³-hybridized carbons (Fsp3) is 0.889. The van der Waals surface area contributed by atoms with Gasteiger partial charge in [0.15, 0.2) is 0 Å². The lowest BCUT2D eigenvalue weighted by atomic mass is 9.87. The van der Waals surface area contributed by atoms with Crippen molar-refractivity contribution in [1.29, 1.82) is 0 Å². The Morgan fingerprint density at radius 2 is 1.96 bits per heavy atom. The number of fused-ring (bicyclic) bond motifs is 2. The number of ether oxygens (including phenoxy) is 1. The summed E-state index contributed by atoms with van der Waals surface area (Å²) < 4.78 is 6.55. The predicted molar refractivity (Wildman–Crippen MR) is 97.4 cm³/mol. The Labute approximate surface area is 149 Å². The van der Waals surface area contributed by atoms with Gasteiger partial charge in [0.05, 0.1) is 17.8 Å². The SMILES string of the molecule is CN(C)C1CCC(OC2NCNC3=C2[C@H]2C(CC[C@@H]2CO)S3)CC1. The van der Waals surface area contributed by atoms with Crippen molar-refractivity contribution in [3.05, 3.63) is 10.6 Å². The standard InChI is InChI=1S/C18H31N3O2S/c1-21(2)12-4-6-13(7-5-12)23-17-16-15-11(9-22)3-8-14(15)24-18(16)20-10-19-17/h11-15,17,19-20,22H,3-10H2,1-2H3/t11-,12?,13?,14?,15-,17?/m1/s1. The van der Waals surface area contributed by atoms with Crippen molar-refractivity contribution in [2.75, 3.05) is 27.4 Å². The smallest absolute Gasteiger partial charge is 0.135 e. The Morgan fingerprint density at radius 3 is 2.67 bits per heavy atom. The monoisotopic (exact) mass is 353 g/mol. The van der Waals surface area contributed by atoms with Crippen LogP contribution in [0.1, 0.15) is 38.5 Å². The summed E-state index contributed by atoms with van der Waals surface area (Å²) >= 11 is 1.99. The summed E-state index contributed by atoms with van der Waals surface area (Å²) in [5.74, 6) is 0.894. The van der Waals surface area contributed by atoms with Crippen molar-refractivity contribution in [3.63, 3.8) is 0 Å². The summed E-state index contributed by atoms with van der Waals surface area (Å²) in [5, 5.41) is 18.8. The third-order valence-corrected chi connectivity index (χ3v) is 7.82. The van der Waals surface area contributed by atoms with E-state index in [0.29, 0.717) is 35.8 Å². The first-order valence-electron chi connectivity index (χ1n) is 9.48. The average molecular weight is 354 g/mol. The van der Waals surface area contributed by atoms with E-state index in [0.717, 1.165) is 25.9 Å². The zero-order chi connectivity index (χ0) is 16.7. The van der Waals surface area contributed by atoms with Crippen LogP contribution in [0.2, 0.25) is 0 Å². The maximum absolute atomic E-state index is 9.77. The molecule has 4 aliphatic rings. The lowest BCUT2D eigenvalue weighted by Gasteiger charge is -2.37. The molecular weight excluding hydrogens is 322 g/mol. The Hall–Kier alpha value is -0.270. The highest BCUT2D eigenvalue weighted by Crippen LogP contribution is 2.53. The van der Waals surface area contributed by atoms with Crippen LogP contribution in [0.25, 0.3) is 0 Å². The molecule has 2 unspecified atom stereocenters. The van der Waals surface area contributed by atoms with Crippen molar-refractivity contribution in [3.8, 4) is 0 Å². The molecule has 0 aromatic rings. The molecule has 2 heterocycles. The van der Waals surface area contributed by atoms with Crippen LogP contribution in [-0.2, 0) is 4.74 Å². The molecule has 0 aromatic heterocycles. The topological polar surface area (TPSA) is 56.8 Å². The van der Waals surface area contributed by atoms with E-state index < -0.39 is 0 Å². The number of aliphatic hydroxyl groups is 1. The number of aliphatic hydroxyl groups excluding tert-OH is 1. The summed E-state index contributed by atoms with van der Waals surface area (Å²) in [6.07, 6.45) is 7.54. The van der Waals surface area contributed by atoms with Crippen LogP contribution < -0.4 is 10.6 Å². The lowest BCUT2D eigenvalue weighted by Crippen LogP contribution is -2.48. The van der Waals surface area contributed by atoms with Crippen LogP contribution in [0.5, 0.6) is 0 Å². The molecule has 136 valence electrons. The molecule has 2 saturated carbocycles. The van der Waals surface area contributed by atoms with Crippen molar-refractivity contribution in [2.45, 2.75) is 62.1 Å². The summed E-state index contributed by atoms with van der Waals surface area (Å²) in [7, 11) is 4.37.